The number of thioether (sulfide) groups is 1. The maximum Gasteiger partial charge on any atom is 0.267 e. The molecular weight excluding hydrogens is 470 g/mol. The topological polar surface area (TPSA) is 90.3 Å². The molecule has 0 radical (unpaired) electrons. The van der Waals surface area contributed by atoms with Gasteiger partial charge >= 0.3 is 0 Å². The fourth-order valence-corrected chi connectivity index (χ4v) is 5.33. The highest BCUT2D eigenvalue weighted by Gasteiger charge is 2.19. The molecule has 0 fully saturated rings. The smallest absolute Gasteiger partial charge is 0.267 e. The number of benzene rings is 2. The van der Waals surface area contributed by atoms with Gasteiger partial charge in [-0.1, -0.05) is 11.8 Å². The summed E-state index contributed by atoms with van der Waals surface area (Å²) in [6.07, 6.45) is 0. The Labute approximate surface area is 204 Å². The van der Waals surface area contributed by atoms with Crippen molar-refractivity contribution < 1.29 is 14.3 Å². The molecule has 34 heavy (non-hydrogen) atoms. The second kappa shape index (κ2) is 9.82. The van der Waals surface area contributed by atoms with Crippen LogP contribution in [0.25, 0.3) is 15.9 Å². The SMILES string of the molecule is COc1ccc(-n2c(SCC(=O)Nc3ccc(C(C)=O)cc3)nc3sc(C)c(C)c3c2=O)cc1. The summed E-state index contributed by atoms with van der Waals surface area (Å²) in [6, 6.07) is 13.9. The number of aromatic nitrogens is 2. The van der Waals surface area contributed by atoms with Gasteiger partial charge in [0.25, 0.3) is 5.56 Å². The number of thiophene rings is 1. The van der Waals surface area contributed by atoms with E-state index in [9.17, 15) is 14.4 Å². The summed E-state index contributed by atoms with van der Waals surface area (Å²) < 4.78 is 6.78. The summed E-state index contributed by atoms with van der Waals surface area (Å²) in [6.45, 7) is 5.39. The molecule has 0 saturated carbocycles. The van der Waals surface area contributed by atoms with Crippen LogP contribution >= 0.6 is 23.1 Å². The average molecular weight is 494 g/mol. The first-order chi connectivity index (χ1) is 16.3. The molecule has 1 amide bonds. The van der Waals surface area contributed by atoms with E-state index < -0.39 is 0 Å². The van der Waals surface area contributed by atoms with Crippen molar-refractivity contribution in [3.05, 3.63) is 74.9 Å². The van der Waals surface area contributed by atoms with E-state index in [-0.39, 0.29) is 23.0 Å². The quantitative estimate of drug-likeness (QED) is 0.221. The molecule has 2 aromatic heterocycles. The van der Waals surface area contributed by atoms with Gasteiger partial charge in [0.2, 0.25) is 5.91 Å². The lowest BCUT2D eigenvalue weighted by Gasteiger charge is -2.13. The Hall–Kier alpha value is -3.43. The van der Waals surface area contributed by atoms with E-state index >= 15 is 0 Å². The van der Waals surface area contributed by atoms with Crippen LogP contribution in [0.4, 0.5) is 5.69 Å². The van der Waals surface area contributed by atoms with Crippen molar-refractivity contribution in [3.8, 4) is 11.4 Å². The zero-order valence-electron chi connectivity index (χ0n) is 19.2. The zero-order chi connectivity index (χ0) is 24.4. The van der Waals surface area contributed by atoms with E-state index in [0.717, 1.165) is 10.4 Å². The first-order valence-electron chi connectivity index (χ1n) is 10.5. The molecule has 0 bridgehead atoms. The first kappa shape index (κ1) is 23.7. The van der Waals surface area contributed by atoms with Crippen LogP contribution in [0.15, 0.2) is 58.5 Å². The molecule has 174 valence electrons. The number of rotatable bonds is 7. The highest BCUT2D eigenvalue weighted by Crippen LogP contribution is 2.30. The number of anilines is 1. The van der Waals surface area contributed by atoms with Gasteiger partial charge in [-0.05, 0) is 74.9 Å². The van der Waals surface area contributed by atoms with Crippen LogP contribution < -0.4 is 15.6 Å². The van der Waals surface area contributed by atoms with E-state index in [1.54, 1.807) is 60.2 Å². The predicted molar refractivity (Wildman–Crippen MR) is 137 cm³/mol. The fraction of sp³-hybridized carbons (Fsp3) is 0.200. The molecule has 0 spiro atoms. The Morgan fingerprint density at radius 1 is 1.09 bits per heavy atom. The summed E-state index contributed by atoms with van der Waals surface area (Å²) in [5.74, 6) is 0.462. The average Bonchev–Trinajstić information content (AvgIpc) is 3.11. The third-order valence-corrected chi connectivity index (χ3v) is 7.45. The van der Waals surface area contributed by atoms with Crippen molar-refractivity contribution in [2.24, 2.45) is 0 Å². The number of ketones is 1. The van der Waals surface area contributed by atoms with Gasteiger partial charge in [0, 0.05) is 16.1 Å². The van der Waals surface area contributed by atoms with Gasteiger partial charge in [-0.2, -0.15) is 0 Å². The van der Waals surface area contributed by atoms with Crippen molar-refractivity contribution in [1.29, 1.82) is 0 Å². The second-order valence-corrected chi connectivity index (χ2v) is 9.81. The summed E-state index contributed by atoms with van der Waals surface area (Å²) in [4.78, 5) is 44.0. The van der Waals surface area contributed by atoms with Crippen LogP contribution in [0.2, 0.25) is 0 Å². The number of fused-ring (bicyclic) bond motifs is 1. The molecule has 1 N–H and O–H groups in total. The normalized spacial score (nSPS) is 10.9. The third-order valence-electron chi connectivity index (χ3n) is 5.41. The second-order valence-electron chi connectivity index (χ2n) is 7.67. The van der Waals surface area contributed by atoms with Gasteiger partial charge in [-0.3, -0.25) is 19.0 Å². The van der Waals surface area contributed by atoms with Crippen molar-refractivity contribution in [3.63, 3.8) is 0 Å². The summed E-state index contributed by atoms with van der Waals surface area (Å²) in [5.41, 5.74) is 2.57. The monoisotopic (exact) mass is 493 g/mol. The first-order valence-corrected chi connectivity index (χ1v) is 12.3. The molecule has 0 unspecified atom stereocenters. The number of carbonyl (C=O) groups excluding carboxylic acids is 2. The Bertz CT molecular complexity index is 1440. The lowest BCUT2D eigenvalue weighted by Crippen LogP contribution is -2.22. The minimum absolute atomic E-state index is 0.0366. The Morgan fingerprint density at radius 3 is 2.38 bits per heavy atom. The zero-order valence-corrected chi connectivity index (χ0v) is 20.8. The minimum atomic E-state index is -0.241. The molecule has 4 rings (SSSR count). The predicted octanol–water partition coefficient (Wildman–Crippen LogP) is 5.01. The number of aryl methyl sites for hydroxylation is 2. The lowest BCUT2D eigenvalue weighted by atomic mass is 10.1. The number of hydrogen-bond donors (Lipinski definition) is 1. The van der Waals surface area contributed by atoms with Crippen LogP contribution in [-0.2, 0) is 4.79 Å². The number of amides is 1. The Balaban J connectivity index is 1.64. The van der Waals surface area contributed by atoms with Gasteiger partial charge in [-0.25, -0.2) is 4.98 Å². The summed E-state index contributed by atoms with van der Waals surface area (Å²) in [7, 11) is 1.58. The van der Waals surface area contributed by atoms with E-state index in [0.29, 0.717) is 38.1 Å². The lowest BCUT2D eigenvalue weighted by molar-refractivity contribution is -0.113. The van der Waals surface area contributed by atoms with Crippen molar-refractivity contribution in [2.45, 2.75) is 25.9 Å². The molecule has 9 heteroatoms. The largest absolute Gasteiger partial charge is 0.497 e. The molecule has 0 aliphatic rings. The van der Waals surface area contributed by atoms with Crippen LogP contribution in [0.5, 0.6) is 5.75 Å². The minimum Gasteiger partial charge on any atom is -0.497 e. The van der Waals surface area contributed by atoms with Crippen molar-refractivity contribution in [2.75, 3.05) is 18.2 Å². The Kier molecular flexibility index (Phi) is 6.85. The summed E-state index contributed by atoms with van der Waals surface area (Å²) in [5, 5.41) is 3.85. The van der Waals surface area contributed by atoms with E-state index in [2.05, 4.69) is 5.32 Å². The number of nitrogens with one attached hydrogen (secondary N) is 1. The number of ether oxygens (including phenoxy) is 1. The van der Waals surface area contributed by atoms with Gasteiger partial charge in [-0.15, -0.1) is 11.3 Å². The molecule has 0 saturated heterocycles. The van der Waals surface area contributed by atoms with Crippen molar-refractivity contribution >= 4 is 50.7 Å². The van der Waals surface area contributed by atoms with Crippen LogP contribution in [-0.4, -0.2) is 34.1 Å². The molecule has 0 aliphatic heterocycles. The highest BCUT2D eigenvalue weighted by molar-refractivity contribution is 7.99. The number of Topliss-reactive ketones (excluding diaryl/α,β-unsaturated/α-hetero) is 1. The Morgan fingerprint density at radius 2 is 1.76 bits per heavy atom. The molecule has 2 heterocycles. The van der Waals surface area contributed by atoms with E-state index in [1.165, 1.54) is 30.0 Å². The van der Waals surface area contributed by atoms with Gasteiger partial charge in [0.15, 0.2) is 10.9 Å². The number of methoxy groups -OCH3 is 1. The van der Waals surface area contributed by atoms with E-state index in [4.69, 9.17) is 9.72 Å². The standard InChI is InChI=1S/C25H23N3O4S2/c1-14-16(3)34-23-22(14)24(31)28(19-9-11-20(32-4)12-10-19)25(27-23)33-13-21(30)26-18-7-5-17(6-8-18)15(2)29/h5-12H,13H2,1-4H3,(H,26,30). The molecule has 2 aromatic carbocycles. The molecule has 0 atom stereocenters. The highest BCUT2D eigenvalue weighted by atomic mass is 32.2. The van der Waals surface area contributed by atoms with Crippen molar-refractivity contribution in [1.82, 2.24) is 9.55 Å². The van der Waals surface area contributed by atoms with E-state index in [1.807, 2.05) is 13.8 Å². The molecule has 0 aliphatic carbocycles. The van der Waals surface area contributed by atoms with Crippen LogP contribution in [0.3, 0.4) is 0 Å². The third kappa shape index (κ3) is 4.76. The molecule has 7 nitrogen and oxygen atoms in total. The van der Waals surface area contributed by atoms with Crippen LogP contribution in [0, 0.1) is 13.8 Å². The fourth-order valence-electron chi connectivity index (χ4n) is 3.45. The molecule has 4 aromatic rings. The number of hydrogen-bond acceptors (Lipinski definition) is 7. The van der Waals surface area contributed by atoms with Gasteiger partial charge < -0.3 is 10.1 Å². The number of carbonyl (C=O) groups is 2. The number of nitrogens with zero attached hydrogens (tertiary/aromatic N) is 2. The van der Waals surface area contributed by atoms with Gasteiger partial charge in [0.1, 0.15) is 10.6 Å². The van der Waals surface area contributed by atoms with Crippen LogP contribution in [0.1, 0.15) is 27.7 Å². The molecular formula is C25H23N3O4S2. The summed E-state index contributed by atoms with van der Waals surface area (Å²) >= 11 is 2.66. The maximum atomic E-state index is 13.5. The maximum absolute atomic E-state index is 13.5. The van der Waals surface area contributed by atoms with Gasteiger partial charge in [0.05, 0.1) is 23.9 Å².